The smallest absolute Gasteiger partial charge is 0.187 e. The van der Waals surface area contributed by atoms with Gasteiger partial charge in [-0.3, -0.25) is 0 Å². The first-order valence-corrected chi connectivity index (χ1v) is 26.6. The maximum Gasteiger partial charge on any atom is 0.187 e. The minimum absolute atomic E-state index is 0.00697. The molecule has 20 nitrogen and oxygen atoms in total. The first-order valence-electron chi connectivity index (χ1n) is 26.6. The highest BCUT2D eigenvalue weighted by Crippen LogP contribution is 2.76. The van der Waals surface area contributed by atoms with E-state index < -0.39 is 135 Å². The summed E-state index contributed by atoms with van der Waals surface area (Å²) in [5.41, 5.74) is 0.206. The maximum atomic E-state index is 11.8. The van der Waals surface area contributed by atoms with Crippen molar-refractivity contribution in [1.82, 2.24) is 0 Å². The minimum atomic E-state index is -1.89. The maximum absolute atomic E-state index is 11.8. The molecule has 72 heavy (non-hydrogen) atoms. The van der Waals surface area contributed by atoms with Crippen LogP contribution in [-0.4, -0.2) is 211 Å². The van der Waals surface area contributed by atoms with E-state index in [1.54, 1.807) is 0 Å². The zero-order chi connectivity index (χ0) is 52.4. The van der Waals surface area contributed by atoms with Gasteiger partial charge in [0.05, 0.1) is 44.7 Å². The minimum Gasteiger partial charge on any atom is -0.396 e. The predicted octanol–water partition coefficient (Wildman–Crippen LogP) is -0.285. The monoisotopic (exact) mass is 1030 g/mol. The van der Waals surface area contributed by atoms with E-state index >= 15 is 0 Å². The molecule has 20 heteroatoms. The fraction of sp³-hybridized carbons (Fsp3) is 0.962. The number of ether oxygens (including phenoxy) is 8. The zero-order valence-electron chi connectivity index (χ0n) is 43.2. The molecule has 4 heterocycles. The highest BCUT2D eigenvalue weighted by molar-refractivity contribution is 5.34. The summed E-state index contributed by atoms with van der Waals surface area (Å²) < 4.78 is 49.1. The van der Waals surface area contributed by atoms with E-state index in [4.69, 9.17) is 37.9 Å². The van der Waals surface area contributed by atoms with Gasteiger partial charge in [-0.2, -0.15) is 0 Å². The second kappa shape index (κ2) is 20.0. The summed E-state index contributed by atoms with van der Waals surface area (Å²) >= 11 is 0. The van der Waals surface area contributed by atoms with Crippen LogP contribution in [0.5, 0.6) is 0 Å². The number of hydrogen-bond acceptors (Lipinski definition) is 20. The van der Waals surface area contributed by atoms with Crippen molar-refractivity contribution in [2.75, 3.05) is 26.4 Å². The van der Waals surface area contributed by atoms with Gasteiger partial charge in [0, 0.05) is 10.8 Å². The van der Waals surface area contributed by atoms with Crippen LogP contribution in [0.2, 0.25) is 0 Å². The van der Waals surface area contributed by atoms with E-state index in [1.807, 2.05) is 6.92 Å². The van der Waals surface area contributed by atoms with Crippen LogP contribution in [-0.2, 0) is 37.9 Å². The van der Waals surface area contributed by atoms with Crippen molar-refractivity contribution in [3.63, 3.8) is 0 Å². The van der Waals surface area contributed by atoms with Crippen molar-refractivity contribution in [3.8, 4) is 0 Å². The van der Waals surface area contributed by atoms with Crippen molar-refractivity contribution in [1.29, 1.82) is 0 Å². The van der Waals surface area contributed by atoms with Crippen molar-refractivity contribution in [2.24, 2.45) is 50.2 Å². The van der Waals surface area contributed by atoms with Crippen molar-refractivity contribution in [2.45, 2.75) is 236 Å². The molecule has 9 aliphatic rings. The van der Waals surface area contributed by atoms with Crippen LogP contribution >= 0.6 is 0 Å². The molecule has 9 rings (SSSR count). The molecule has 0 amide bonds. The SMILES string of the molecule is CC1OC(OC2C(OC3C(OC4CCC5(C)C(CCC6(C)C5CC=C5C7CC(C)(C)CC(O)C7(C)CCC56C)C4(C)CO)OCC(O)C3O)OC(CO)C(O)C2OC2OCC(O)C(O)C2O)C(O)C(O)C1O. The normalized spacial score (nSPS) is 56.7. The third kappa shape index (κ3) is 8.91. The van der Waals surface area contributed by atoms with Crippen LogP contribution in [0.4, 0.5) is 0 Å². The van der Waals surface area contributed by atoms with Gasteiger partial charge in [-0.05, 0) is 104 Å². The zero-order valence-corrected chi connectivity index (χ0v) is 43.2. The summed E-state index contributed by atoms with van der Waals surface area (Å²) in [5.74, 6) is 0.573. The number of rotatable bonds is 10. The Morgan fingerprint density at radius 3 is 1.89 bits per heavy atom. The molecule has 0 spiro atoms. The summed E-state index contributed by atoms with van der Waals surface area (Å²) in [4.78, 5) is 0. The quantitative estimate of drug-likeness (QED) is 0.0989. The number of aliphatic hydroxyl groups is 12. The van der Waals surface area contributed by atoms with Gasteiger partial charge in [0.15, 0.2) is 25.2 Å². The van der Waals surface area contributed by atoms with Gasteiger partial charge in [0.2, 0.25) is 0 Å². The molecule has 12 N–H and O–H groups in total. The third-order valence-corrected chi connectivity index (χ3v) is 20.9. The molecule has 4 saturated carbocycles. The van der Waals surface area contributed by atoms with Crippen LogP contribution in [0.15, 0.2) is 11.6 Å². The average Bonchev–Trinajstić information content (AvgIpc) is 3.33. The van der Waals surface area contributed by atoms with E-state index in [1.165, 1.54) is 12.5 Å². The van der Waals surface area contributed by atoms with Gasteiger partial charge in [-0.15, -0.1) is 0 Å². The van der Waals surface area contributed by atoms with Crippen LogP contribution < -0.4 is 0 Å². The lowest BCUT2D eigenvalue weighted by Gasteiger charge is -2.72. The Hall–Kier alpha value is -1.06. The highest BCUT2D eigenvalue weighted by Gasteiger charge is 2.70. The summed E-state index contributed by atoms with van der Waals surface area (Å²) in [7, 11) is 0. The second-order valence-electron chi connectivity index (χ2n) is 25.5. The summed E-state index contributed by atoms with van der Waals surface area (Å²) in [6, 6.07) is 0. The predicted molar refractivity (Wildman–Crippen MR) is 251 cm³/mol. The Morgan fingerprint density at radius 2 is 1.21 bits per heavy atom. The molecule has 0 aromatic rings. The lowest BCUT2D eigenvalue weighted by Crippen LogP contribution is -2.68. The molecule has 0 aromatic heterocycles. The molecule has 8 fully saturated rings. The van der Waals surface area contributed by atoms with Crippen molar-refractivity contribution in [3.05, 3.63) is 11.6 Å². The Kier molecular flexibility index (Phi) is 15.5. The number of allylic oxidation sites excluding steroid dienone is 2. The molecule has 28 atom stereocenters. The fourth-order valence-electron chi connectivity index (χ4n) is 16.0. The van der Waals surface area contributed by atoms with Crippen molar-refractivity contribution < 1.29 is 99.2 Å². The van der Waals surface area contributed by atoms with Crippen LogP contribution in [0.1, 0.15) is 113 Å². The lowest BCUT2D eigenvalue weighted by atomic mass is 9.33. The summed E-state index contributed by atoms with van der Waals surface area (Å²) in [6.07, 6.45) is -20.4. The topological polar surface area (TPSA) is 317 Å². The average molecular weight is 1030 g/mol. The lowest BCUT2D eigenvalue weighted by molar-refractivity contribution is -0.405. The Bertz CT molecular complexity index is 1950. The molecular formula is C52H86O20. The molecule has 0 bridgehead atoms. The van der Waals surface area contributed by atoms with Gasteiger partial charge < -0.3 is 99.2 Å². The molecular weight excluding hydrogens is 945 g/mol. The standard InChI is InChI=1S/C52H86O20/c1-23-33(58)37(62)39(64)44(67-23)72-42-40(70-43-38(63)34(59)26(55)20-65-43)36(61)28(19-53)68-46(42)71-41-35(60)27(56)21-66-45(41)69-32-12-13-49(5)29(50(32,6)22-54)11-14-52(8)30(49)10-9-24-25-17-47(2,3)18-31(57)48(25,4)15-16-51(24,52)7/h9,23,25-46,53-64H,10-22H2,1-8H3. The molecule has 414 valence electrons. The fourth-order valence-corrected chi connectivity index (χ4v) is 16.0. The molecule has 5 aliphatic carbocycles. The molecule has 0 aromatic carbocycles. The van der Waals surface area contributed by atoms with Gasteiger partial charge in [-0.1, -0.05) is 60.1 Å². The summed E-state index contributed by atoms with van der Waals surface area (Å²) in [6.45, 7) is 15.8. The van der Waals surface area contributed by atoms with E-state index in [-0.39, 0.29) is 58.2 Å². The van der Waals surface area contributed by atoms with E-state index in [0.29, 0.717) is 12.3 Å². The number of fused-ring (bicyclic) bond motifs is 7. The Balaban J connectivity index is 0.991. The van der Waals surface area contributed by atoms with Crippen molar-refractivity contribution >= 4 is 0 Å². The molecule has 0 radical (unpaired) electrons. The van der Waals surface area contributed by atoms with Gasteiger partial charge in [0.1, 0.15) is 79.4 Å². The summed E-state index contributed by atoms with van der Waals surface area (Å²) in [5, 5.41) is 132. The van der Waals surface area contributed by atoms with Gasteiger partial charge in [-0.25, -0.2) is 0 Å². The first kappa shape index (κ1) is 55.7. The van der Waals surface area contributed by atoms with Crippen LogP contribution in [0, 0.1) is 50.2 Å². The van der Waals surface area contributed by atoms with Crippen LogP contribution in [0.3, 0.4) is 0 Å². The Morgan fingerprint density at radius 1 is 0.569 bits per heavy atom. The molecule has 4 aliphatic heterocycles. The molecule has 28 unspecified atom stereocenters. The molecule has 4 saturated heterocycles. The van der Waals surface area contributed by atoms with E-state index in [2.05, 4.69) is 47.6 Å². The van der Waals surface area contributed by atoms with Crippen LogP contribution in [0.25, 0.3) is 0 Å². The van der Waals surface area contributed by atoms with Gasteiger partial charge >= 0.3 is 0 Å². The highest BCUT2D eigenvalue weighted by atomic mass is 16.8. The van der Waals surface area contributed by atoms with Gasteiger partial charge in [0.25, 0.3) is 0 Å². The Labute approximate surface area is 422 Å². The number of aliphatic hydroxyl groups excluding tert-OH is 12. The third-order valence-electron chi connectivity index (χ3n) is 20.9. The van der Waals surface area contributed by atoms with E-state index in [0.717, 1.165) is 51.4 Å². The van der Waals surface area contributed by atoms with E-state index in [9.17, 15) is 61.3 Å². The second-order valence-corrected chi connectivity index (χ2v) is 25.5. The number of hydrogen-bond donors (Lipinski definition) is 12. The first-order chi connectivity index (χ1) is 33.7. The largest absolute Gasteiger partial charge is 0.396 e.